The number of hydrogen-bond donors (Lipinski definition) is 1. The number of nitrogens with zero attached hydrogens (tertiary/aromatic N) is 1. The molecule has 0 spiro atoms. The van der Waals surface area contributed by atoms with Gasteiger partial charge in [0.05, 0.1) is 0 Å². The van der Waals surface area contributed by atoms with Crippen molar-refractivity contribution in [2.24, 2.45) is 11.1 Å². The number of hydrogen-bond acceptors (Lipinski definition) is 2. The summed E-state index contributed by atoms with van der Waals surface area (Å²) in [6.45, 7) is 12.3. The minimum Gasteiger partial charge on any atom is -0.367 e. The van der Waals surface area contributed by atoms with E-state index in [2.05, 4.69) is 31.7 Å². The third kappa shape index (κ3) is 3.46. The zero-order valence-corrected chi connectivity index (χ0v) is 13.8. The minimum absolute atomic E-state index is 0.164. The number of aryl methyl sites for hydroxylation is 1. The van der Waals surface area contributed by atoms with Crippen LogP contribution >= 0.6 is 0 Å². The maximum absolute atomic E-state index is 13.8. The molecule has 21 heavy (non-hydrogen) atoms. The van der Waals surface area contributed by atoms with Crippen LogP contribution in [0.15, 0.2) is 23.8 Å². The maximum Gasteiger partial charge on any atom is 0.126 e. The molecule has 0 saturated carbocycles. The fourth-order valence-corrected chi connectivity index (χ4v) is 2.89. The summed E-state index contributed by atoms with van der Waals surface area (Å²) in [6, 6.07) is 3.37. The molecule has 2 nitrogen and oxygen atoms in total. The fourth-order valence-electron chi connectivity index (χ4n) is 2.89. The van der Waals surface area contributed by atoms with Gasteiger partial charge in [0.15, 0.2) is 0 Å². The van der Waals surface area contributed by atoms with Gasteiger partial charge in [0.2, 0.25) is 0 Å². The summed E-state index contributed by atoms with van der Waals surface area (Å²) in [5.41, 5.74) is 10.4. The molecule has 1 atom stereocenters. The second-order valence-electron chi connectivity index (χ2n) is 7.12. The second-order valence-corrected chi connectivity index (χ2v) is 7.12. The highest BCUT2D eigenvalue weighted by molar-refractivity contribution is 5.58. The van der Waals surface area contributed by atoms with E-state index in [9.17, 15) is 4.39 Å². The van der Waals surface area contributed by atoms with Crippen LogP contribution in [-0.4, -0.2) is 13.1 Å². The van der Waals surface area contributed by atoms with Crippen LogP contribution in [0.2, 0.25) is 0 Å². The van der Waals surface area contributed by atoms with Gasteiger partial charge >= 0.3 is 0 Å². The van der Waals surface area contributed by atoms with E-state index >= 15 is 0 Å². The molecule has 1 aliphatic heterocycles. The van der Waals surface area contributed by atoms with E-state index < -0.39 is 0 Å². The quantitative estimate of drug-likeness (QED) is 0.821. The average molecular weight is 290 g/mol. The topological polar surface area (TPSA) is 29.3 Å². The third-order valence-corrected chi connectivity index (χ3v) is 4.31. The normalized spacial score (nSPS) is 17.7. The van der Waals surface area contributed by atoms with Gasteiger partial charge in [0, 0.05) is 24.8 Å². The summed E-state index contributed by atoms with van der Waals surface area (Å²) < 4.78 is 13.8. The summed E-state index contributed by atoms with van der Waals surface area (Å²) in [4.78, 5) is 2.31. The molecule has 1 aliphatic rings. The Kier molecular flexibility index (Phi) is 4.43. The predicted molar refractivity (Wildman–Crippen MR) is 88.1 cm³/mol. The molecule has 1 aromatic rings. The Balaban J connectivity index is 2.32. The first kappa shape index (κ1) is 16.0. The van der Waals surface area contributed by atoms with Crippen molar-refractivity contribution < 1.29 is 4.39 Å². The molecule has 1 heterocycles. The first-order valence-electron chi connectivity index (χ1n) is 7.70. The monoisotopic (exact) mass is 290 g/mol. The smallest absolute Gasteiger partial charge is 0.126 e. The van der Waals surface area contributed by atoms with Gasteiger partial charge in [0.1, 0.15) is 5.82 Å². The second kappa shape index (κ2) is 5.80. The third-order valence-electron chi connectivity index (χ3n) is 4.31. The lowest BCUT2D eigenvalue weighted by molar-refractivity contribution is 0.472. The van der Waals surface area contributed by atoms with E-state index in [1.54, 1.807) is 6.07 Å². The summed E-state index contributed by atoms with van der Waals surface area (Å²) >= 11 is 0. The van der Waals surface area contributed by atoms with Crippen molar-refractivity contribution in [2.75, 3.05) is 18.0 Å². The predicted octanol–water partition coefficient (Wildman–Crippen LogP) is 4.34. The van der Waals surface area contributed by atoms with Crippen LogP contribution in [0.3, 0.4) is 0 Å². The molecule has 0 radical (unpaired) electrons. The highest BCUT2D eigenvalue weighted by Gasteiger charge is 2.23. The molecule has 0 unspecified atom stereocenters. The number of nitrogens with two attached hydrogens (primary N) is 1. The molecule has 116 valence electrons. The van der Waals surface area contributed by atoms with E-state index in [1.807, 2.05) is 19.9 Å². The van der Waals surface area contributed by atoms with Crippen molar-refractivity contribution in [1.29, 1.82) is 0 Å². The van der Waals surface area contributed by atoms with Crippen LogP contribution in [0.4, 0.5) is 10.1 Å². The molecule has 0 saturated heterocycles. The summed E-state index contributed by atoms with van der Waals surface area (Å²) in [7, 11) is 0. The van der Waals surface area contributed by atoms with E-state index in [0.29, 0.717) is 5.56 Å². The lowest BCUT2D eigenvalue weighted by Gasteiger charge is -2.35. The lowest BCUT2D eigenvalue weighted by atomic mass is 9.83. The Morgan fingerprint density at radius 2 is 1.95 bits per heavy atom. The van der Waals surface area contributed by atoms with Gasteiger partial charge in [-0.1, -0.05) is 32.4 Å². The van der Waals surface area contributed by atoms with E-state index in [0.717, 1.165) is 30.8 Å². The molecule has 0 aliphatic carbocycles. The molecular weight excluding hydrogens is 263 g/mol. The van der Waals surface area contributed by atoms with E-state index in [-0.39, 0.29) is 17.3 Å². The molecule has 2 N–H and O–H groups in total. The number of rotatable bonds is 2. The molecule has 0 amide bonds. The Bertz CT molecular complexity index is 553. The van der Waals surface area contributed by atoms with Crippen LogP contribution in [0, 0.1) is 18.2 Å². The first-order chi connectivity index (χ1) is 9.70. The van der Waals surface area contributed by atoms with Gasteiger partial charge in [-0.3, -0.25) is 0 Å². The van der Waals surface area contributed by atoms with Gasteiger partial charge in [-0.25, -0.2) is 4.39 Å². The number of halogens is 1. The average Bonchev–Trinajstić information content (AvgIpc) is 2.40. The van der Waals surface area contributed by atoms with Crippen molar-refractivity contribution in [2.45, 2.75) is 47.1 Å². The summed E-state index contributed by atoms with van der Waals surface area (Å²) in [5, 5.41) is 0. The number of benzene rings is 1. The van der Waals surface area contributed by atoms with Crippen molar-refractivity contribution in [1.82, 2.24) is 0 Å². The van der Waals surface area contributed by atoms with Crippen LogP contribution in [0.1, 0.15) is 51.3 Å². The Morgan fingerprint density at radius 3 is 2.43 bits per heavy atom. The van der Waals surface area contributed by atoms with Crippen LogP contribution in [-0.2, 0) is 0 Å². The molecule has 0 fully saturated rings. The molecule has 0 bridgehead atoms. The standard InChI is InChI=1S/C18H27FN2/c1-12-10-17(15(13(2)20)11-16(12)19)21-8-6-14(7-9-21)18(3,4)5/h6,10-11,13H,7-9,20H2,1-5H3/t13-/m1/s1. The van der Waals surface area contributed by atoms with E-state index in [1.165, 1.54) is 5.57 Å². The maximum atomic E-state index is 13.8. The fraction of sp³-hybridized carbons (Fsp3) is 0.556. The van der Waals surface area contributed by atoms with Crippen molar-refractivity contribution in [3.05, 3.63) is 40.7 Å². The minimum atomic E-state index is -0.172. The van der Waals surface area contributed by atoms with Crippen LogP contribution in [0.25, 0.3) is 0 Å². The van der Waals surface area contributed by atoms with Crippen molar-refractivity contribution in [3.8, 4) is 0 Å². The molecular formula is C18H27FN2. The van der Waals surface area contributed by atoms with Gasteiger partial charge in [-0.2, -0.15) is 0 Å². The SMILES string of the molecule is Cc1cc(N2CC=C(C(C)(C)C)CC2)c([C@@H](C)N)cc1F. The van der Waals surface area contributed by atoms with Gasteiger partial charge in [0.25, 0.3) is 0 Å². The summed E-state index contributed by atoms with van der Waals surface area (Å²) in [6.07, 6.45) is 3.37. The Labute approximate surface area is 127 Å². The van der Waals surface area contributed by atoms with Crippen LogP contribution < -0.4 is 10.6 Å². The highest BCUT2D eigenvalue weighted by Crippen LogP contribution is 2.34. The first-order valence-corrected chi connectivity index (χ1v) is 7.70. The van der Waals surface area contributed by atoms with Gasteiger partial charge in [-0.05, 0) is 48.9 Å². The zero-order valence-electron chi connectivity index (χ0n) is 13.8. The van der Waals surface area contributed by atoms with Crippen molar-refractivity contribution >= 4 is 5.69 Å². The van der Waals surface area contributed by atoms with Crippen molar-refractivity contribution in [3.63, 3.8) is 0 Å². The molecule has 3 heteroatoms. The molecule has 0 aromatic heterocycles. The molecule has 1 aromatic carbocycles. The number of anilines is 1. The zero-order chi connectivity index (χ0) is 15.8. The van der Waals surface area contributed by atoms with Gasteiger partial charge in [-0.15, -0.1) is 0 Å². The largest absolute Gasteiger partial charge is 0.367 e. The lowest BCUT2D eigenvalue weighted by Crippen LogP contribution is -2.32. The molecule has 2 rings (SSSR count). The summed E-state index contributed by atoms with van der Waals surface area (Å²) in [5.74, 6) is -0.172. The van der Waals surface area contributed by atoms with Gasteiger partial charge < -0.3 is 10.6 Å². The Hall–Kier alpha value is -1.35. The highest BCUT2D eigenvalue weighted by atomic mass is 19.1. The Morgan fingerprint density at radius 1 is 1.29 bits per heavy atom. The van der Waals surface area contributed by atoms with E-state index in [4.69, 9.17) is 5.73 Å². The van der Waals surface area contributed by atoms with Crippen LogP contribution in [0.5, 0.6) is 0 Å².